The van der Waals surface area contributed by atoms with Crippen molar-refractivity contribution >= 4 is 0 Å². The van der Waals surface area contributed by atoms with E-state index in [0.29, 0.717) is 6.04 Å². The van der Waals surface area contributed by atoms with Crippen LogP contribution in [0.25, 0.3) is 11.1 Å². The quantitative estimate of drug-likeness (QED) is 0.857. The normalized spacial score (nSPS) is 17.2. The summed E-state index contributed by atoms with van der Waals surface area (Å²) in [7, 11) is 0. The van der Waals surface area contributed by atoms with E-state index in [-0.39, 0.29) is 0 Å². The average Bonchev–Trinajstić information content (AvgIpc) is 2.90. The SMILES string of the molecule is CCNC1CCc2cc(-c3cccc(CC)c3)ccc21. The Morgan fingerprint density at radius 2 is 1.90 bits per heavy atom. The van der Waals surface area contributed by atoms with Gasteiger partial charge in [-0.1, -0.05) is 56.3 Å². The van der Waals surface area contributed by atoms with Crippen LogP contribution in [-0.2, 0) is 12.8 Å². The molecule has 0 aliphatic heterocycles. The fourth-order valence-electron chi connectivity index (χ4n) is 3.23. The zero-order chi connectivity index (χ0) is 13.9. The third-order valence-electron chi connectivity index (χ3n) is 4.34. The lowest BCUT2D eigenvalue weighted by molar-refractivity contribution is 0.549. The van der Waals surface area contributed by atoms with Crippen molar-refractivity contribution in [3.8, 4) is 11.1 Å². The van der Waals surface area contributed by atoms with Crippen LogP contribution in [0.2, 0.25) is 0 Å². The first kappa shape index (κ1) is 13.4. The van der Waals surface area contributed by atoms with Crippen LogP contribution in [0, 0.1) is 0 Å². The van der Waals surface area contributed by atoms with E-state index in [2.05, 4.69) is 61.6 Å². The number of fused-ring (bicyclic) bond motifs is 1. The topological polar surface area (TPSA) is 12.0 Å². The molecule has 1 aliphatic carbocycles. The fraction of sp³-hybridized carbons (Fsp3) is 0.368. The molecular formula is C19H23N. The summed E-state index contributed by atoms with van der Waals surface area (Å²) in [5.41, 5.74) is 7.14. The summed E-state index contributed by atoms with van der Waals surface area (Å²) in [6.45, 7) is 5.44. The number of aryl methyl sites for hydroxylation is 2. The third-order valence-corrected chi connectivity index (χ3v) is 4.34. The van der Waals surface area contributed by atoms with Gasteiger partial charge < -0.3 is 5.32 Å². The van der Waals surface area contributed by atoms with Crippen molar-refractivity contribution in [2.75, 3.05) is 6.54 Å². The fourth-order valence-corrected chi connectivity index (χ4v) is 3.23. The molecule has 0 saturated carbocycles. The van der Waals surface area contributed by atoms with Gasteiger partial charge >= 0.3 is 0 Å². The molecular weight excluding hydrogens is 242 g/mol. The maximum Gasteiger partial charge on any atom is 0.0326 e. The van der Waals surface area contributed by atoms with E-state index >= 15 is 0 Å². The monoisotopic (exact) mass is 265 g/mol. The zero-order valence-corrected chi connectivity index (χ0v) is 12.4. The maximum atomic E-state index is 3.58. The van der Waals surface area contributed by atoms with Crippen molar-refractivity contribution in [1.82, 2.24) is 5.32 Å². The summed E-state index contributed by atoms with van der Waals surface area (Å²) in [5.74, 6) is 0. The molecule has 0 saturated heterocycles. The van der Waals surface area contributed by atoms with Gasteiger partial charge in [-0.2, -0.15) is 0 Å². The second kappa shape index (κ2) is 5.80. The molecule has 1 heteroatoms. The van der Waals surface area contributed by atoms with Crippen molar-refractivity contribution in [2.24, 2.45) is 0 Å². The van der Waals surface area contributed by atoms with Gasteiger partial charge in [-0.15, -0.1) is 0 Å². The highest BCUT2D eigenvalue weighted by atomic mass is 14.9. The van der Waals surface area contributed by atoms with Gasteiger partial charge in [-0.25, -0.2) is 0 Å². The smallest absolute Gasteiger partial charge is 0.0326 e. The van der Waals surface area contributed by atoms with Gasteiger partial charge in [0, 0.05) is 6.04 Å². The molecule has 1 atom stereocenters. The molecule has 0 fully saturated rings. The molecule has 0 amide bonds. The lowest BCUT2D eigenvalue weighted by Gasteiger charge is -2.13. The van der Waals surface area contributed by atoms with E-state index in [4.69, 9.17) is 0 Å². The van der Waals surface area contributed by atoms with E-state index in [1.165, 1.54) is 40.7 Å². The molecule has 20 heavy (non-hydrogen) atoms. The molecule has 3 rings (SSSR count). The van der Waals surface area contributed by atoms with Crippen LogP contribution in [-0.4, -0.2) is 6.54 Å². The van der Waals surface area contributed by atoms with Crippen LogP contribution in [0.5, 0.6) is 0 Å². The van der Waals surface area contributed by atoms with E-state index in [1.807, 2.05) is 0 Å². The van der Waals surface area contributed by atoms with Crippen molar-refractivity contribution in [3.63, 3.8) is 0 Å². The molecule has 1 unspecified atom stereocenters. The van der Waals surface area contributed by atoms with Crippen LogP contribution in [0.1, 0.15) is 43.0 Å². The predicted octanol–water partition coefficient (Wildman–Crippen LogP) is 4.51. The molecule has 0 aromatic heterocycles. The average molecular weight is 265 g/mol. The molecule has 104 valence electrons. The van der Waals surface area contributed by atoms with E-state index in [0.717, 1.165) is 13.0 Å². The molecule has 1 aliphatic rings. The lowest BCUT2D eigenvalue weighted by Crippen LogP contribution is -2.18. The van der Waals surface area contributed by atoms with E-state index < -0.39 is 0 Å². The second-order valence-electron chi connectivity index (χ2n) is 5.62. The van der Waals surface area contributed by atoms with Crippen molar-refractivity contribution < 1.29 is 0 Å². The Balaban J connectivity index is 1.93. The highest BCUT2D eigenvalue weighted by Gasteiger charge is 2.21. The Hall–Kier alpha value is -1.60. The first-order valence-electron chi connectivity index (χ1n) is 7.77. The minimum absolute atomic E-state index is 0.561. The Morgan fingerprint density at radius 3 is 2.70 bits per heavy atom. The van der Waals surface area contributed by atoms with Gasteiger partial charge in [-0.05, 0) is 53.6 Å². The highest BCUT2D eigenvalue weighted by Crippen LogP contribution is 2.34. The number of hydrogen-bond acceptors (Lipinski definition) is 1. The summed E-state index contributed by atoms with van der Waals surface area (Å²) in [4.78, 5) is 0. The number of nitrogens with one attached hydrogen (secondary N) is 1. The lowest BCUT2D eigenvalue weighted by atomic mass is 9.98. The Kier molecular flexibility index (Phi) is 3.88. The van der Waals surface area contributed by atoms with Crippen LogP contribution in [0.15, 0.2) is 42.5 Å². The predicted molar refractivity (Wildman–Crippen MR) is 86.0 cm³/mol. The zero-order valence-electron chi connectivity index (χ0n) is 12.4. The van der Waals surface area contributed by atoms with E-state index in [9.17, 15) is 0 Å². The molecule has 0 bridgehead atoms. The first-order valence-corrected chi connectivity index (χ1v) is 7.77. The van der Waals surface area contributed by atoms with Gasteiger partial charge in [0.25, 0.3) is 0 Å². The minimum Gasteiger partial charge on any atom is -0.310 e. The number of hydrogen-bond donors (Lipinski definition) is 1. The van der Waals surface area contributed by atoms with Gasteiger partial charge in [0.15, 0.2) is 0 Å². The van der Waals surface area contributed by atoms with Crippen LogP contribution in [0.3, 0.4) is 0 Å². The summed E-state index contributed by atoms with van der Waals surface area (Å²) < 4.78 is 0. The first-order chi connectivity index (χ1) is 9.81. The van der Waals surface area contributed by atoms with E-state index in [1.54, 1.807) is 0 Å². The number of benzene rings is 2. The summed E-state index contributed by atoms with van der Waals surface area (Å²) >= 11 is 0. The van der Waals surface area contributed by atoms with Gasteiger partial charge in [0.1, 0.15) is 0 Å². The molecule has 2 aromatic rings. The van der Waals surface area contributed by atoms with Gasteiger partial charge in [0.05, 0.1) is 0 Å². The van der Waals surface area contributed by atoms with Crippen LogP contribution in [0.4, 0.5) is 0 Å². The highest BCUT2D eigenvalue weighted by molar-refractivity contribution is 5.66. The van der Waals surface area contributed by atoms with Crippen LogP contribution < -0.4 is 5.32 Å². The summed E-state index contributed by atoms with van der Waals surface area (Å²) in [6.07, 6.45) is 3.54. The second-order valence-corrected chi connectivity index (χ2v) is 5.62. The maximum absolute atomic E-state index is 3.58. The molecule has 0 heterocycles. The van der Waals surface area contributed by atoms with Crippen molar-refractivity contribution in [1.29, 1.82) is 0 Å². The third kappa shape index (κ3) is 2.51. The Bertz CT molecular complexity index is 600. The van der Waals surface area contributed by atoms with Gasteiger partial charge in [0.2, 0.25) is 0 Å². The molecule has 0 radical (unpaired) electrons. The minimum atomic E-state index is 0.561. The standard InChI is InChI=1S/C19H23N/c1-3-14-6-5-7-15(12-14)16-8-10-18-17(13-16)9-11-19(18)20-4-2/h5-8,10,12-13,19-20H,3-4,9,11H2,1-2H3. The molecule has 1 nitrogen and oxygen atoms in total. The van der Waals surface area contributed by atoms with Crippen molar-refractivity contribution in [2.45, 2.75) is 39.2 Å². The largest absolute Gasteiger partial charge is 0.310 e. The van der Waals surface area contributed by atoms with Gasteiger partial charge in [-0.3, -0.25) is 0 Å². The Labute approximate surface area is 122 Å². The molecule has 1 N–H and O–H groups in total. The van der Waals surface area contributed by atoms with Crippen LogP contribution >= 0.6 is 0 Å². The molecule has 0 spiro atoms. The molecule has 2 aromatic carbocycles. The Morgan fingerprint density at radius 1 is 1.05 bits per heavy atom. The summed E-state index contributed by atoms with van der Waals surface area (Å²) in [5, 5.41) is 3.58. The summed E-state index contributed by atoms with van der Waals surface area (Å²) in [6, 6.07) is 16.5. The van der Waals surface area contributed by atoms with Crippen molar-refractivity contribution in [3.05, 3.63) is 59.2 Å². The number of rotatable bonds is 4.